The molecule has 0 aromatic carbocycles. The molecule has 1 aromatic rings. The summed E-state index contributed by atoms with van der Waals surface area (Å²) >= 11 is 5.01. The van der Waals surface area contributed by atoms with Crippen molar-refractivity contribution in [1.29, 1.82) is 0 Å². The van der Waals surface area contributed by atoms with E-state index in [0.717, 1.165) is 11.7 Å². The van der Waals surface area contributed by atoms with Gasteiger partial charge in [-0.25, -0.2) is 5.43 Å². The minimum absolute atomic E-state index is 0.728. The molecule has 102 valence electrons. The van der Waals surface area contributed by atoms with Crippen LogP contribution in [0.25, 0.3) is 0 Å². The average molecular weight is 268 g/mol. The fourth-order valence-electron chi connectivity index (χ4n) is 1.17. The van der Waals surface area contributed by atoms with Crippen molar-refractivity contribution >= 4 is 17.3 Å². The highest BCUT2D eigenvalue weighted by Gasteiger charge is 1.98. The Kier molecular flexibility index (Phi) is 11.4. The van der Waals surface area contributed by atoms with E-state index < -0.39 is 0 Å². The Balaban J connectivity index is 0.000000397. The number of aromatic nitrogens is 1. The first kappa shape index (κ1) is 16.8. The van der Waals surface area contributed by atoms with Crippen LogP contribution in [0.3, 0.4) is 0 Å². The number of thiocarbonyl (C=S) groups is 1. The van der Waals surface area contributed by atoms with Gasteiger partial charge in [-0.3, -0.25) is 9.99 Å². The first-order valence-electron chi connectivity index (χ1n) is 6.26. The minimum atomic E-state index is 0.728. The van der Waals surface area contributed by atoms with Gasteiger partial charge >= 0.3 is 0 Å². The number of hydrogen-bond donors (Lipinski definition) is 2. The van der Waals surface area contributed by atoms with Gasteiger partial charge in [0.15, 0.2) is 5.11 Å². The number of pyridine rings is 1. The van der Waals surface area contributed by atoms with Crippen LogP contribution in [-0.4, -0.2) is 35.7 Å². The summed E-state index contributed by atoms with van der Waals surface area (Å²) in [5.41, 5.74) is 3.20. The van der Waals surface area contributed by atoms with Gasteiger partial charge in [-0.15, -0.1) is 0 Å². The van der Waals surface area contributed by atoms with Crippen LogP contribution in [0.15, 0.2) is 30.6 Å². The van der Waals surface area contributed by atoms with Gasteiger partial charge in [0, 0.05) is 33.0 Å². The highest BCUT2D eigenvalue weighted by atomic mass is 32.1. The molecule has 0 bridgehead atoms. The van der Waals surface area contributed by atoms with Gasteiger partial charge in [-0.2, -0.15) is 0 Å². The first-order valence-corrected chi connectivity index (χ1v) is 6.67. The molecule has 0 radical (unpaired) electrons. The number of nitrogens with zero attached hydrogens (tertiary/aromatic N) is 2. The maximum absolute atomic E-state index is 5.01. The maximum Gasteiger partial charge on any atom is 0.182 e. The highest BCUT2D eigenvalue weighted by Crippen LogP contribution is 1.91. The molecular weight excluding hydrogens is 244 g/mol. The van der Waals surface area contributed by atoms with E-state index in [0.29, 0.717) is 0 Å². The summed E-state index contributed by atoms with van der Waals surface area (Å²) in [4.78, 5) is 3.78. The summed E-state index contributed by atoms with van der Waals surface area (Å²) in [6.07, 6.45) is 7.22. The predicted molar refractivity (Wildman–Crippen MR) is 81.2 cm³/mol. The van der Waals surface area contributed by atoms with Crippen LogP contribution in [0.4, 0.5) is 0 Å². The highest BCUT2D eigenvalue weighted by molar-refractivity contribution is 7.80. The largest absolute Gasteiger partial charge is 0.365 e. The lowest BCUT2D eigenvalue weighted by atomic mass is 10.2. The third-order valence-electron chi connectivity index (χ3n) is 2.21. The van der Waals surface area contributed by atoms with Crippen molar-refractivity contribution in [2.24, 2.45) is 0 Å². The molecule has 0 aliphatic rings. The molecule has 4 nitrogen and oxygen atoms in total. The molecule has 1 rings (SSSR count). The average Bonchev–Trinajstić information content (AvgIpc) is 2.45. The quantitative estimate of drug-likeness (QED) is 0.487. The third-order valence-corrected chi connectivity index (χ3v) is 2.69. The summed E-state index contributed by atoms with van der Waals surface area (Å²) in [6, 6.07) is 5.72. The Labute approximate surface area is 116 Å². The number of nitrogens with one attached hydrogen (secondary N) is 2. The van der Waals surface area contributed by atoms with Gasteiger partial charge in [0.1, 0.15) is 0 Å². The molecule has 0 aliphatic carbocycles. The zero-order chi connectivity index (χ0) is 13.6. The first-order chi connectivity index (χ1) is 8.72. The minimum Gasteiger partial charge on any atom is -0.365 e. The van der Waals surface area contributed by atoms with Crippen molar-refractivity contribution in [2.45, 2.75) is 26.2 Å². The molecular formula is C13H24N4S. The van der Waals surface area contributed by atoms with Crippen LogP contribution in [0.1, 0.15) is 26.2 Å². The van der Waals surface area contributed by atoms with E-state index in [9.17, 15) is 0 Å². The molecule has 0 saturated carbocycles. The van der Waals surface area contributed by atoms with Crippen molar-refractivity contribution in [3.8, 4) is 0 Å². The fourth-order valence-corrected chi connectivity index (χ4v) is 1.24. The van der Waals surface area contributed by atoms with Crippen molar-refractivity contribution in [2.75, 3.05) is 20.6 Å². The van der Waals surface area contributed by atoms with E-state index in [1.54, 1.807) is 12.4 Å². The van der Waals surface area contributed by atoms with Gasteiger partial charge in [0.05, 0.1) is 0 Å². The van der Waals surface area contributed by atoms with E-state index in [1.807, 2.05) is 37.3 Å². The summed E-state index contributed by atoms with van der Waals surface area (Å²) in [5, 5.41) is 5.47. The van der Waals surface area contributed by atoms with Gasteiger partial charge in [0.25, 0.3) is 0 Å². The molecule has 0 atom stereocenters. The molecule has 18 heavy (non-hydrogen) atoms. The second-order valence-electron chi connectivity index (χ2n) is 3.75. The Bertz CT molecular complexity index is 266. The van der Waals surface area contributed by atoms with E-state index in [2.05, 4.69) is 22.7 Å². The van der Waals surface area contributed by atoms with Gasteiger partial charge in [-0.05, 0) is 30.8 Å². The monoisotopic (exact) mass is 268 g/mol. The Morgan fingerprint density at radius 1 is 1.22 bits per heavy atom. The van der Waals surface area contributed by atoms with E-state index in [1.165, 1.54) is 19.3 Å². The maximum atomic E-state index is 5.01. The standard InChI is InChI=1S/C8H19N3S.C5H5N/c1-4-5-6-7-10-11(3)8(12)9-2;1-2-4-6-5-3-1/h10H,4-7H2,1-3H3,(H,9,12);1-5H. The molecule has 5 heteroatoms. The van der Waals surface area contributed by atoms with E-state index >= 15 is 0 Å². The van der Waals surface area contributed by atoms with Crippen molar-refractivity contribution < 1.29 is 0 Å². The summed E-state index contributed by atoms with van der Waals surface area (Å²) < 4.78 is 0. The van der Waals surface area contributed by atoms with Crippen LogP contribution < -0.4 is 10.7 Å². The molecule has 0 amide bonds. The summed E-state index contributed by atoms with van der Waals surface area (Å²) in [5.74, 6) is 0. The van der Waals surface area contributed by atoms with Crippen LogP contribution in [0.5, 0.6) is 0 Å². The van der Waals surface area contributed by atoms with Crippen LogP contribution in [-0.2, 0) is 0 Å². The predicted octanol–water partition coefficient (Wildman–Crippen LogP) is 2.20. The number of unbranched alkanes of at least 4 members (excludes halogenated alkanes) is 2. The molecule has 1 heterocycles. The van der Waals surface area contributed by atoms with Crippen molar-refractivity contribution in [1.82, 2.24) is 20.7 Å². The normalized spacial score (nSPS) is 9.06. The second kappa shape index (κ2) is 12.3. The number of rotatable bonds is 5. The van der Waals surface area contributed by atoms with E-state index in [4.69, 9.17) is 12.2 Å². The zero-order valence-corrected chi connectivity index (χ0v) is 12.3. The molecule has 2 N–H and O–H groups in total. The Hall–Kier alpha value is -1.20. The van der Waals surface area contributed by atoms with Crippen LogP contribution in [0, 0.1) is 0 Å². The Morgan fingerprint density at radius 2 is 1.89 bits per heavy atom. The number of hydrogen-bond acceptors (Lipinski definition) is 3. The Morgan fingerprint density at radius 3 is 2.28 bits per heavy atom. The zero-order valence-electron chi connectivity index (χ0n) is 11.5. The summed E-state index contributed by atoms with van der Waals surface area (Å²) in [6.45, 7) is 3.19. The lowest BCUT2D eigenvalue weighted by Crippen LogP contribution is -2.44. The molecule has 0 fully saturated rings. The van der Waals surface area contributed by atoms with Gasteiger partial charge in [0.2, 0.25) is 0 Å². The molecule has 0 unspecified atom stereocenters. The second-order valence-corrected chi connectivity index (χ2v) is 4.14. The van der Waals surface area contributed by atoms with Crippen molar-refractivity contribution in [3.05, 3.63) is 30.6 Å². The van der Waals surface area contributed by atoms with Gasteiger partial charge < -0.3 is 5.32 Å². The molecule has 0 spiro atoms. The number of hydrazine groups is 1. The summed E-state index contributed by atoms with van der Waals surface area (Å²) in [7, 11) is 3.75. The molecule has 0 saturated heterocycles. The van der Waals surface area contributed by atoms with Gasteiger partial charge in [-0.1, -0.05) is 25.8 Å². The van der Waals surface area contributed by atoms with Crippen LogP contribution in [0.2, 0.25) is 0 Å². The third kappa shape index (κ3) is 9.99. The topological polar surface area (TPSA) is 40.2 Å². The molecule has 0 aliphatic heterocycles. The SMILES string of the molecule is CCCCCNN(C)C(=S)NC.c1ccncc1. The smallest absolute Gasteiger partial charge is 0.182 e. The fraction of sp³-hybridized carbons (Fsp3) is 0.538. The van der Waals surface area contributed by atoms with Crippen molar-refractivity contribution in [3.63, 3.8) is 0 Å². The lowest BCUT2D eigenvalue weighted by molar-refractivity contribution is 0.357. The molecule has 1 aromatic heterocycles. The van der Waals surface area contributed by atoms with E-state index in [-0.39, 0.29) is 0 Å². The lowest BCUT2D eigenvalue weighted by Gasteiger charge is -2.20. The van der Waals surface area contributed by atoms with Crippen LogP contribution >= 0.6 is 12.2 Å².